The number of aromatic nitrogens is 2. The molecule has 0 aliphatic carbocycles. The van der Waals surface area contributed by atoms with E-state index in [1.54, 1.807) is 18.2 Å². The van der Waals surface area contributed by atoms with Gasteiger partial charge in [0.2, 0.25) is 0 Å². The number of imidazole rings is 1. The summed E-state index contributed by atoms with van der Waals surface area (Å²) >= 11 is 0. The van der Waals surface area contributed by atoms with E-state index in [1.807, 2.05) is 19.1 Å². The van der Waals surface area contributed by atoms with Crippen LogP contribution in [-0.4, -0.2) is 27.0 Å². The first-order valence-corrected chi connectivity index (χ1v) is 6.64. The molecule has 1 amide bonds. The van der Waals surface area contributed by atoms with Gasteiger partial charge in [0.15, 0.2) is 5.82 Å². The molecule has 6 nitrogen and oxygen atoms in total. The van der Waals surface area contributed by atoms with Gasteiger partial charge in [-0.3, -0.25) is 4.79 Å². The molecule has 2 aromatic carbocycles. The average Bonchev–Trinajstić information content (AvgIpc) is 2.92. The van der Waals surface area contributed by atoms with Crippen LogP contribution in [0, 0.1) is 6.92 Å². The number of aromatic carboxylic acids is 1. The fraction of sp³-hybridized carbons (Fsp3) is 0.0625. The zero-order valence-electron chi connectivity index (χ0n) is 11.8. The van der Waals surface area contributed by atoms with Crippen LogP contribution in [0.4, 0.5) is 5.69 Å². The Morgan fingerprint density at radius 1 is 1.14 bits per heavy atom. The first-order valence-electron chi connectivity index (χ1n) is 6.64. The molecule has 0 fully saturated rings. The third-order valence-electron chi connectivity index (χ3n) is 3.25. The minimum Gasteiger partial charge on any atom is -0.478 e. The molecule has 0 aliphatic rings. The lowest BCUT2D eigenvalue weighted by molar-refractivity contribution is 0.0697. The number of carboxylic acids is 1. The van der Waals surface area contributed by atoms with Gasteiger partial charge in [-0.15, -0.1) is 0 Å². The van der Waals surface area contributed by atoms with Crippen molar-refractivity contribution in [2.45, 2.75) is 6.92 Å². The molecule has 3 aromatic rings. The molecule has 6 heteroatoms. The molecule has 0 bridgehead atoms. The number of aryl methyl sites for hydroxylation is 1. The molecule has 110 valence electrons. The molecule has 1 heterocycles. The predicted octanol–water partition coefficient (Wildman–Crippen LogP) is 2.82. The number of anilines is 1. The van der Waals surface area contributed by atoms with Crippen molar-refractivity contribution in [1.29, 1.82) is 0 Å². The number of nitrogens with one attached hydrogen (secondary N) is 2. The number of benzene rings is 2. The highest BCUT2D eigenvalue weighted by Crippen LogP contribution is 2.15. The Labute approximate surface area is 125 Å². The molecule has 1 aromatic heterocycles. The summed E-state index contributed by atoms with van der Waals surface area (Å²) in [6.45, 7) is 1.96. The van der Waals surface area contributed by atoms with Crippen molar-refractivity contribution in [3.63, 3.8) is 0 Å². The van der Waals surface area contributed by atoms with Crippen LogP contribution in [0.3, 0.4) is 0 Å². The maximum absolute atomic E-state index is 12.2. The van der Waals surface area contributed by atoms with E-state index < -0.39 is 5.97 Å². The lowest BCUT2D eigenvalue weighted by Gasteiger charge is -2.02. The van der Waals surface area contributed by atoms with Gasteiger partial charge in [0.25, 0.3) is 5.91 Å². The van der Waals surface area contributed by atoms with Crippen LogP contribution in [0.15, 0.2) is 42.5 Å². The number of nitrogens with zero attached hydrogens (tertiary/aromatic N) is 1. The van der Waals surface area contributed by atoms with E-state index >= 15 is 0 Å². The molecule has 0 saturated carbocycles. The van der Waals surface area contributed by atoms with Gasteiger partial charge < -0.3 is 15.4 Å². The Morgan fingerprint density at radius 2 is 1.86 bits per heavy atom. The first kappa shape index (κ1) is 13.8. The number of carbonyl (C=O) groups excluding carboxylic acids is 1. The molecule has 0 spiro atoms. The van der Waals surface area contributed by atoms with Crippen molar-refractivity contribution < 1.29 is 14.7 Å². The molecule has 3 rings (SSSR count). The van der Waals surface area contributed by atoms with E-state index in [0.717, 1.165) is 5.56 Å². The Kier molecular flexibility index (Phi) is 3.34. The zero-order valence-corrected chi connectivity index (χ0v) is 11.8. The molecule has 22 heavy (non-hydrogen) atoms. The fourth-order valence-electron chi connectivity index (χ4n) is 2.07. The molecular formula is C16H13N3O3. The largest absolute Gasteiger partial charge is 0.478 e. The van der Waals surface area contributed by atoms with Crippen molar-refractivity contribution >= 4 is 28.6 Å². The van der Waals surface area contributed by atoms with Gasteiger partial charge in [0, 0.05) is 5.69 Å². The third kappa shape index (κ3) is 2.67. The van der Waals surface area contributed by atoms with Crippen molar-refractivity contribution in [2.24, 2.45) is 0 Å². The van der Waals surface area contributed by atoms with Crippen LogP contribution < -0.4 is 5.32 Å². The van der Waals surface area contributed by atoms with Gasteiger partial charge in [0.1, 0.15) is 0 Å². The highest BCUT2D eigenvalue weighted by atomic mass is 16.4. The van der Waals surface area contributed by atoms with Crippen molar-refractivity contribution in [2.75, 3.05) is 5.32 Å². The molecule has 0 unspecified atom stereocenters. The number of rotatable bonds is 3. The van der Waals surface area contributed by atoms with Crippen LogP contribution in [0.2, 0.25) is 0 Å². The monoisotopic (exact) mass is 295 g/mol. The number of amides is 1. The van der Waals surface area contributed by atoms with Crippen LogP contribution >= 0.6 is 0 Å². The maximum Gasteiger partial charge on any atom is 0.335 e. The number of carboxylic acid groups (broad SMARTS) is 1. The highest BCUT2D eigenvalue weighted by molar-refractivity contribution is 6.03. The summed E-state index contributed by atoms with van der Waals surface area (Å²) in [5, 5.41) is 11.7. The van der Waals surface area contributed by atoms with Crippen LogP contribution in [-0.2, 0) is 0 Å². The third-order valence-corrected chi connectivity index (χ3v) is 3.25. The molecule has 0 atom stereocenters. The van der Waals surface area contributed by atoms with Crippen molar-refractivity contribution in [1.82, 2.24) is 9.97 Å². The highest BCUT2D eigenvalue weighted by Gasteiger charge is 2.13. The number of fused-ring (bicyclic) bond motifs is 1. The van der Waals surface area contributed by atoms with Crippen LogP contribution in [0.5, 0.6) is 0 Å². The number of H-pyrrole nitrogens is 1. The minimum atomic E-state index is -1.03. The van der Waals surface area contributed by atoms with E-state index in [1.165, 1.54) is 12.1 Å². The lowest BCUT2D eigenvalue weighted by Crippen LogP contribution is -2.13. The SMILES string of the molecule is Cc1ccc(NC(=O)c2nc3cc(C(=O)O)ccc3[nH]2)cc1. The number of hydrogen-bond acceptors (Lipinski definition) is 3. The zero-order chi connectivity index (χ0) is 15.7. The topological polar surface area (TPSA) is 95.1 Å². The second-order valence-corrected chi connectivity index (χ2v) is 4.94. The molecule has 0 radical (unpaired) electrons. The molecular weight excluding hydrogens is 282 g/mol. The van der Waals surface area contributed by atoms with Crippen LogP contribution in [0.1, 0.15) is 26.5 Å². The second kappa shape index (κ2) is 5.33. The number of carbonyl (C=O) groups is 2. The van der Waals surface area contributed by atoms with Gasteiger partial charge in [0.05, 0.1) is 16.6 Å². The summed E-state index contributed by atoms with van der Waals surface area (Å²) in [4.78, 5) is 30.1. The second-order valence-electron chi connectivity index (χ2n) is 4.94. The Hall–Kier alpha value is -3.15. The van der Waals surface area contributed by atoms with Gasteiger partial charge in [-0.1, -0.05) is 17.7 Å². The summed E-state index contributed by atoms with van der Waals surface area (Å²) in [5.41, 5.74) is 2.95. The Balaban J connectivity index is 1.87. The minimum absolute atomic E-state index is 0.129. The van der Waals surface area contributed by atoms with E-state index in [4.69, 9.17) is 5.11 Å². The normalized spacial score (nSPS) is 10.6. The van der Waals surface area contributed by atoms with Crippen molar-refractivity contribution in [3.05, 3.63) is 59.4 Å². The van der Waals surface area contributed by atoms with E-state index in [9.17, 15) is 9.59 Å². The Bertz CT molecular complexity index is 866. The standard InChI is InChI=1S/C16H13N3O3/c1-9-2-5-11(6-3-9)17-15(20)14-18-12-7-4-10(16(21)22)8-13(12)19-14/h2-8H,1H3,(H,17,20)(H,18,19)(H,21,22). The summed E-state index contributed by atoms with van der Waals surface area (Å²) in [6.07, 6.45) is 0. The smallest absolute Gasteiger partial charge is 0.335 e. The average molecular weight is 295 g/mol. The quantitative estimate of drug-likeness (QED) is 0.692. The lowest BCUT2D eigenvalue weighted by atomic mass is 10.2. The predicted molar refractivity (Wildman–Crippen MR) is 82.2 cm³/mol. The number of aromatic amines is 1. The molecule has 3 N–H and O–H groups in total. The van der Waals surface area contributed by atoms with E-state index in [-0.39, 0.29) is 17.3 Å². The van der Waals surface area contributed by atoms with Gasteiger partial charge >= 0.3 is 5.97 Å². The van der Waals surface area contributed by atoms with Gasteiger partial charge in [-0.05, 0) is 37.3 Å². The van der Waals surface area contributed by atoms with E-state index in [0.29, 0.717) is 16.7 Å². The maximum atomic E-state index is 12.2. The number of hydrogen-bond donors (Lipinski definition) is 3. The summed E-state index contributed by atoms with van der Waals surface area (Å²) < 4.78 is 0. The molecule has 0 aliphatic heterocycles. The van der Waals surface area contributed by atoms with Crippen LogP contribution in [0.25, 0.3) is 11.0 Å². The van der Waals surface area contributed by atoms with Gasteiger partial charge in [-0.2, -0.15) is 0 Å². The summed E-state index contributed by atoms with van der Waals surface area (Å²) in [6, 6.07) is 11.9. The van der Waals surface area contributed by atoms with Crippen molar-refractivity contribution in [3.8, 4) is 0 Å². The Morgan fingerprint density at radius 3 is 2.55 bits per heavy atom. The van der Waals surface area contributed by atoms with Gasteiger partial charge in [-0.25, -0.2) is 9.78 Å². The first-order chi connectivity index (χ1) is 10.5. The molecule has 0 saturated heterocycles. The summed E-state index contributed by atoms with van der Waals surface area (Å²) in [5.74, 6) is -1.27. The summed E-state index contributed by atoms with van der Waals surface area (Å²) in [7, 11) is 0. The fourth-order valence-corrected chi connectivity index (χ4v) is 2.07. The van der Waals surface area contributed by atoms with E-state index in [2.05, 4.69) is 15.3 Å².